The van der Waals surface area contributed by atoms with Gasteiger partial charge in [0.25, 0.3) is 10.0 Å². The Bertz CT molecular complexity index is 1220. The molecule has 0 atom stereocenters. The molecular formula is C20H20ClN3O5S. The molecule has 2 aromatic carbocycles. The number of hydrogen-bond acceptors (Lipinski definition) is 5. The van der Waals surface area contributed by atoms with Crippen LogP contribution in [0.25, 0.3) is 10.9 Å². The first-order valence-electron chi connectivity index (χ1n) is 9.25. The molecule has 0 radical (unpaired) electrons. The second-order valence-corrected chi connectivity index (χ2v) is 9.13. The molecule has 30 heavy (non-hydrogen) atoms. The van der Waals surface area contributed by atoms with Crippen LogP contribution in [0.5, 0.6) is 5.75 Å². The van der Waals surface area contributed by atoms with E-state index in [1.807, 2.05) is 4.90 Å². The van der Waals surface area contributed by atoms with Gasteiger partial charge in [0.05, 0.1) is 23.2 Å². The van der Waals surface area contributed by atoms with Crippen molar-refractivity contribution in [1.82, 2.24) is 8.87 Å². The smallest absolute Gasteiger partial charge is 0.407 e. The number of nitrogens with zero attached hydrogens (tertiary/aromatic N) is 3. The molecule has 0 saturated carbocycles. The first-order valence-corrected chi connectivity index (χ1v) is 11.1. The Balaban J connectivity index is 1.80. The van der Waals surface area contributed by atoms with Crippen molar-refractivity contribution in [3.05, 3.63) is 53.7 Å². The maximum atomic E-state index is 13.2. The Kier molecular flexibility index (Phi) is 5.25. The number of benzene rings is 2. The summed E-state index contributed by atoms with van der Waals surface area (Å²) in [5.74, 6) is 0.601. The highest BCUT2D eigenvalue weighted by Crippen LogP contribution is 2.38. The monoisotopic (exact) mass is 449 g/mol. The van der Waals surface area contributed by atoms with Crippen molar-refractivity contribution in [3.8, 4) is 5.75 Å². The minimum absolute atomic E-state index is 0.0972. The second kappa shape index (κ2) is 7.73. The number of ether oxygens (including phenoxy) is 1. The van der Waals surface area contributed by atoms with Crippen LogP contribution in [0, 0.1) is 0 Å². The lowest BCUT2D eigenvalue weighted by Crippen LogP contribution is -2.48. The molecule has 3 aromatic rings. The van der Waals surface area contributed by atoms with Crippen LogP contribution < -0.4 is 9.64 Å². The fraction of sp³-hybridized carbons (Fsp3) is 0.250. The van der Waals surface area contributed by atoms with Gasteiger partial charge < -0.3 is 19.6 Å². The van der Waals surface area contributed by atoms with Crippen molar-refractivity contribution in [2.45, 2.75) is 4.90 Å². The number of carboxylic acid groups (broad SMARTS) is 1. The lowest BCUT2D eigenvalue weighted by atomic mass is 10.1. The number of amides is 1. The van der Waals surface area contributed by atoms with Crippen LogP contribution in [0.3, 0.4) is 0 Å². The lowest BCUT2D eigenvalue weighted by Gasteiger charge is -2.35. The lowest BCUT2D eigenvalue weighted by molar-refractivity contribution is 0.142. The molecule has 2 heterocycles. The highest BCUT2D eigenvalue weighted by Gasteiger charge is 2.26. The number of methoxy groups -OCH3 is 1. The molecule has 10 heteroatoms. The number of anilines is 1. The Morgan fingerprint density at radius 3 is 2.47 bits per heavy atom. The van der Waals surface area contributed by atoms with Crippen LogP contribution in [-0.4, -0.2) is 61.8 Å². The number of fused-ring (bicyclic) bond motifs is 1. The number of halogens is 1. The van der Waals surface area contributed by atoms with Gasteiger partial charge in [-0.25, -0.2) is 17.2 Å². The van der Waals surface area contributed by atoms with Crippen LogP contribution in [0.2, 0.25) is 5.02 Å². The van der Waals surface area contributed by atoms with E-state index in [1.165, 1.54) is 27.2 Å². The molecule has 1 saturated heterocycles. The summed E-state index contributed by atoms with van der Waals surface area (Å²) in [6.45, 7) is 1.68. The van der Waals surface area contributed by atoms with Gasteiger partial charge in [-0.2, -0.15) is 0 Å². The Morgan fingerprint density at radius 2 is 1.83 bits per heavy atom. The average Bonchev–Trinajstić information content (AvgIpc) is 3.18. The maximum absolute atomic E-state index is 13.2. The number of rotatable bonds is 4. The molecule has 0 unspecified atom stereocenters. The van der Waals surface area contributed by atoms with Gasteiger partial charge in [0.15, 0.2) is 0 Å². The van der Waals surface area contributed by atoms with Crippen molar-refractivity contribution in [3.63, 3.8) is 0 Å². The van der Waals surface area contributed by atoms with Gasteiger partial charge in [-0.15, -0.1) is 0 Å². The predicted octanol–water partition coefficient (Wildman–Crippen LogP) is 3.34. The Hall–Kier alpha value is -2.91. The third-order valence-corrected chi connectivity index (χ3v) is 7.13. The number of aromatic nitrogens is 1. The molecule has 1 amide bonds. The summed E-state index contributed by atoms with van der Waals surface area (Å²) in [6, 6.07) is 11.3. The second-order valence-electron chi connectivity index (χ2n) is 6.88. The summed E-state index contributed by atoms with van der Waals surface area (Å²) >= 11 is 5.99. The summed E-state index contributed by atoms with van der Waals surface area (Å²) in [4.78, 5) is 14.7. The van der Waals surface area contributed by atoms with E-state index in [2.05, 4.69) is 0 Å². The fourth-order valence-electron chi connectivity index (χ4n) is 3.72. The van der Waals surface area contributed by atoms with Crippen LogP contribution in [0.4, 0.5) is 10.5 Å². The van der Waals surface area contributed by atoms with E-state index in [4.69, 9.17) is 16.3 Å². The molecule has 1 aromatic heterocycles. The van der Waals surface area contributed by atoms with Gasteiger partial charge in [-0.1, -0.05) is 17.7 Å². The summed E-state index contributed by atoms with van der Waals surface area (Å²) in [7, 11) is -2.29. The van der Waals surface area contributed by atoms with E-state index in [0.29, 0.717) is 47.9 Å². The van der Waals surface area contributed by atoms with Crippen molar-refractivity contribution in [2.75, 3.05) is 38.2 Å². The largest absolute Gasteiger partial charge is 0.495 e. The van der Waals surface area contributed by atoms with Crippen molar-refractivity contribution in [2.24, 2.45) is 0 Å². The van der Waals surface area contributed by atoms with Gasteiger partial charge in [0.2, 0.25) is 0 Å². The Labute approximate surface area is 178 Å². The fourth-order valence-corrected chi connectivity index (χ4v) is 5.37. The van der Waals surface area contributed by atoms with Gasteiger partial charge >= 0.3 is 6.09 Å². The number of carbonyl (C=O) groups is 1. The molecule has 1 fully saturated rings. The molecule has 158 valence electrons. The third-order valence-electron chi connectivity index (χ3n) is 5.21. The van der Waals surface area contributed by atoms with E-state index in [1.54, 1.807) is 37.4 Å². The molecular weight excluding hydrogens is 430 g/mol. The van der Waals surface area contributed by atoms with Crippen molar-refractivity contribution >= 4 is 44.3 Å². The minimum Gasteiger partial charge on any atom is -0.495 e. The van der Waals surface area contributed by atoms with Gasteiger partial charge in [0.1, 0.15) is 5.75 Å². The zero-order chi connectivity index (χ0) is 21.5. The molecule has 0 spiro atoms. The topological polar surface area (TPSA) is 92.1 Å². The van der Waals surface area contributed by atoms with Crippen molar-refractivity contribution in [1.29, 1.82) is 0 Å². The summed E-state index contributed by atoms with van der Waals surface area (Å²) in [5, 5.41) is 10.2. The first-order chi connectivity index (χ1) is 14.3. The van der Waals surface area contributed by atoms with E-state index in [0.717, 1.165) is 5.69 Å². The average molecular weight is 450 g/mol. The minimum atomic E-state index is -3.84. The highest BCUT2D eigenvalue weighted by molar-refractivity contribution is 7.90. The quantitative estimate of drug-likeness (QED) is 0.656. The molecule has 4 rings (SSSR count). The first kappa shape index (κ1) is 20.4. The molecule has 0 aliphatic carbocycles. The Morgan fingerprint density at radius 1 is 1.10 bits per heavy atom. The molecule has 1 N–H and O–H groups in total. The van der Waals surface area contributed by atoms with E-state index in [9.17, 15) is 18.3 Å². The molecule has 0 bridgehead atoms. The van der Waals surface area contributed by atoms with Crippen LogP contribution in [0.15, 0.2) is 53.6 Å². The molecule has 1 aliphatic rings. The predicted molar refractivity (Wildman–Crippen MR) is 114 cm³/mol. The molecule has 8 nitrogen and oxygen atoms in total. The molecule has 1 aliphatic heterocycles. The van der Waals surface area contributed by atoms with Gasteiger partial charge in [-0.3, -0.25) is 0 Å². The number of piperazine rings is 1. The zero-order valence-corrected chi connectivity index (χ0v) is 17.7. The summed E-state index contributed by atoms with van der Waals surface area (Å²) < 4.78 is 33.2. The summed E-state index contributed by atoms with van der Waals surface area (Å²) in [6.07, 6.45) is 0.566. The van der Waals surface area contributed by atoms with Crippen molar-refractivity contribution < 1.29 is 23.1 Å². The van der Waals surface area contributed by atoms with Crippen LogP contribution >= 0.6 is 11.6 Å². The van der Waals surface area contributed by atoms with Gasteiger partial charge in [-0.05, 0) is 36.4 Å². The third kappa shape index (κ3) is 3.44. The van der Waals surface area contributed by atoms with Crippen LogP contribution in [-0.2, 0) is 10.0 Å². The van der Waals surface area contributed by atoms with Crippen LogP contribution in [0.1, 0.15) is 0 Å². The standard InChI is InChI=1S/C20H20ClN3O5S/c1-29-18-6-5-17-16(19(18)22-9-11-23(12-10-22)20(25)26)7-8-24(17)30(27,28)15-4-2-3-14(21)13-15/h2-8,13H,9-12H2,1H3,(H,25,26). The highest BCUT2D eigenvalue weighted by atomic mass is 35.5. The number of hydrogen-bond donors (Lipinski definition) is 1. The van der Waals surface area contributed by atoms with E-state index >= 15 is 0 Å². The van der Waals surface area contributed by atoms with E-state index in [-0.39, 0.29) is 4.90 Å². The van der Waals surface area contributed by atoms with E-state index < -0.39 is 16.1 Å². The maximum Gasteiger partial charge on any atom is 0.407 e. The summed E-state index contributed by atoms with van der Waals surface area (Å²) in [5.41, 5.74) is 1.26. The normalized spacial score (nSPS) is 14.9. The SMILES string of the molecule is COc1ccc2c(ccn2S(=O)(=O)c2cccc(Cl)c2)c1N1CCN(C(=O)O)CC1. The van der Waals surface area contributed by atoms with Gasteiger partial charge in [0, 0.05) is 42.8 Å². The zero-order valence-electron chi connectivity index (χ0n) is 16.2.